The second-order valence-electron chi connectivity index (χ2n) is 23.9. The van der Waals surface area contributed by atoms with Crippen LogP contribution in [0.4, 0.5) is 0 Å². The number of carbonyl (C=O) groups excluding carboxylic acids is 6. The fourth-order valence-corrected chi connectivity index (χ4v) is 13.2. The highest BCUT2D eigenvalue weighted by atomic mass is 16.8. The van der Waals surface area contributed by atoms with Gasteiger partial charge in [0.25, 0.3) is 23.6 Å². The van der Waals surface area contributed by atoms with Gasteiger partial charge >= 0.3 is 11.9 Å². The van der Waals surface area contributed by atoms with Crippen LogP contribution in [0.2, 0.25) is 0 Å². The minimum Gasteiger partial charge on any atom is -0.455 e. The second kappa shape index (κ2) is 30.4. The lowest BCUT2D eigenvalue weighted by atomic mass is 9.92. The molecule has 24 nitrogen and oxygen atoms in total. The number of fused-ring (bicyclic) bond motifs is 3. The van der Waals surface area contributed by atoms with Gasteiger partial charge in [-0.3, -0.25) is 38.6 Å². The van der Waals surface area contributed by atoms with Crippen LogP contribution >= 0.6 is 0 Å². The molecular formula is C73H69N5O19. The molecule has 6 heterocycles. The zero-order valence-electron chi connectivity index (χ0n) is 52.7. The SMILES string of the molecule is CC(=O)O[C@@H]1[C@H](OC(C)=O)[C@H](O[C@H]2[C@H](OCc3ccccc3)[C@@H](N3C(=O)c4ccccc4C3=O)[C@H](O[C@H]3[C@H](OCc4ccccc4)[C@@H](N4C(=O)c5ccccc5C4=O)[C@H](N=[N+]=[N-])O[C@@H]3COCc3ccccc3)O[C@@H]2COCc2ccccc2)O[C@@H]2CO[C@@H](c3ccccc3)O[C@@H]12. The number of carbonyl (C=O) groups is 6. The molecule has 7 aromatic carbocycles. The Morgan fingerprint density at radius 3 is 1.33 bits per heavy atom. The highest BCUT2D eigenvalue weighted by Crippen LogP contribution is 2.44. The van der Waals surface area contributed by atoms with E-state index in [-0.39, 0.29) is 68.5 Å². The first-order chi connectivity index (χ1) is 47.4. The van der Waals surface area contributed by atoms with Crippen LogP contribution in [0, 0.1) is 0 Å². The van der Waals surface area contributed by atoms with Crippen LogP contribution in [0.3, 0.4) is 0 Å². The van der Waals surface area contributed by atoms with Gasteiger partial charge in [0.1, 0.15) is 60.9 Å². The van der Waals surface area contributed by atoms with Crippen molar-refractivity contribution in [2.75, 3.05) is 19.8 Å². The average Bonchev–Trinajstić information content (AvgIpc) is 1.71. The first-order valence-corrected chi connectivity index (χ1v) is 31.9. The lowest BCUT2D eigenvalue weighted by Crippen LogP contribution is -2.71. The van der Waals surface area contributed by atoms with Gasteiger partial charge in [-0.1, -0.05) is 181 Å². The molecule has 13 rings (SSSR count). The summed E-state index contributed by atoms with van der Waals surface area (Å²) in [5.41, 5.74) is 14.1. The molecule has 4 fully saturated rings. The van der Waals surface area contributed by atoms with Crippen molar-refractivity contribution >= 4 is 35.6 Å². The molecule has 0 bridgehead atoms. The first kappa shape index (κ1) is 66.3. The Labute approximate surface area is 557 Å². The van der Waals surface area contributed by atoms with Crippen molar-refractivity contribution in [2.45, 2.75) is 138 Å². The smallest absolute Gasteiger partial charge is 0.303 e. The number of amides is 4. The molecule has 24 heteroatoms. The maximum Gasteiger partial charge on any atom is 0.303 e. The fourth-order valence-electron chi connectivity index (χ4n) is 13.2. The van der Waals surface area contributed by atoms with Crippen LogP contribution < -0.4 is 0 Å². The molecule has 7 aromatic rings. The average molecular weight is 1320 g/mol. The van der Waals surface area contributed by atoms with Crippen LogP contribution in [-0.2, 0) is 97.6 Å². The summed E-state index contributed by atoms with van der Waals surface area (Å²) in [5.74, 6) is -4.63. The third kappa shape index (κ3) is 14.5. The highest BCUT2D eigenvalue weighted by molar-refractivity contribution is 6.22. The van der Waals surface area contributed by atoms with Gasteiger partial charge in [0, 0.05) is 24.3 Å². The summed E-state index contributed by atoms with van der Waals surface area (Å²) in [6.07, 6.45) is -20.3. The van der Waals surface area contributed by atoms with Crippen molar-refractivity contribution in [3.8, 4) is 0 Å². The summed E-state index contributed by atoms with van der Waals surface area (Å²) in [6.45, 7) is 1.19. The van der Waals surface area contributed by atoms with E-state index in [0.29, 0.717) is 16.7 Å². The number of azide groups is 1. The molecule has 500 valence electrons. The Kier molecular flexibility index (Phi) is 20.7. The third-order valence-electron chi connectivity index (χ3n) is 17.6. The molecule has 0 aromatic heterocycles. The van der Waals surface area contributed by atoms with Gasteiger partial charge in [0.2, 0.25) is 0 Å². The number of benzene rings is 7. The molecule has 6 aliphatic rings. The maximum absolute atomic E-state index is 15.6. The van der Waals surface area contributed by atoms with E-state index < -0.39 is 134 Å². The minimum atomic E-state index is -1.86. The summed E-state index contributed by atoms with van der Waals surface area (Å²) >= 11 is 0. The predicted octanol–water partition coefficient (Wildman–Crippen LogP) is 9.15. The predicted molar refractivity (Wildman–Crippen MR) is 340 cm³/mol. The second-order valence-corrected chi connectivity index (χ2v) is 23.9. The van der Waals surface area contributed by atoms with Gasteiger partial charge in [-0.2, -0.15) is 0 Å². The Hall–Kier alpha value is -9.37. The standard InChI is InChI=1S/C73H69N5O19/c1-43(79)90-64-61-56(42-89-71(95-61)49-30-16-7-17-31-49)94-73(65(64)91-44(2)80)97-60-55(41-86-37-46-24-10-4-11-25-46)93-72(58(63(60)88-39-48-28-14-6-15-29-48)78-69(83)52-34-20-21-35-53(52)70(78)84)96-59-54(40-85-36-45-22-8-3-9-23-45)92-66(75-76-74)57(62(59)87-38-47-26-12-5-13-27-47)77-67(81)50-32-18-19-33-51(50)68(77)82/h3-35,54-66,71-73H,36-42H2,1-2H3/t54-,55-,56-,57-,58-,59-,60-,61-,62-,63-,64+,65+,66-,71-,72+,73+/m1/s1. The normalized spacial score (nSPS) is 28.3. The number of esters is 2. The number of nitrogens with zero attached hydrogens (tertiary/aromatic N) is 5. The van der Waals surface area contributed by atoms with E-state index in [1.165, 1.54) is 38.1 Å². The molecule has 4 saturated heterocycles. The summed E-state index contributed by atoms with van der Waals surface area (Å²) in [4.78, 5) is 93.0. The maximum atomic E-state index is 15.6. The van der Waals surface area contributed by atoms with Gasteiger partial charge in [0.15, 0.2) is 37.3 Å². The Bertz CT molecular complexity index is 3900. The van der Waals surface area contributed by atoms with Crippen molar-refractivity contribution < 1.29 is 90.3 Å². The van der Waals surface area contributed by atoms with Crippen molar-refractivity contribution in [1.29, 1.82) is 0 Å². The van der Waals surface area contributed by atoms with E-state index in [1.54, 1.807) is 72.8 Å². The fraction of sp³-hybridized carbons (Fsp3) is 0.342. The monoisotopic (exact) mass is 1320 g/mol. The largest absolute Gasteiger partial charge is 0.455 e. The third-order valence-corrected chi connectivity index (χ3v) is 17.6. The van der Waals surface area contributed by atoms with Crippen molar-refractivity contribution in [3.05, 3.63) is 261 Å². The molecule has 0 radical (unpaired) electrons. The zero-order valence-corrected chi connectivity index (χ0v) is 52.7. The molecule has 0 N–H and O–H groups in total. The van der Waals surface area contributed by atoms with Gasteiger partial charge in [0.05, 0.1) is 68.5 Å². The van der Waals surface area contributed by atoms with Crippen LogP contribution in [0.5, 0.6) is 0 Å². The zero-order chi connectivity index (χ0) is 66.9. The number of hydrogen-bond donors (Lipinski definition) is 0. The topological polar surface area (TPSA) is 278 Å². The Morgan fingerprint density at radius 1 is 0.464 bits per heavy atom. The van der Waals surface area contributed by atoms with Crippen molar-refractivity contribution in [3.63, 3.8) is 0 Å². The molecule has 97 heavy (non-hydrogen) atoms. The molecule has 0 saturated carbocycles. The number of rotatable bonds is 24. The summed E-state index contributed by atoms with van der Waals surface area (Å²) in [6, 6.07) is 54.9. The summed E-state index contributed by atoms with van der Waals surface area (Å²) < 4.78 is 88.1. The number of hydrogen-bond acceptors (Lipinski definition) is 20. The summed E-state index contributed by atoms with van der Waals surface area (Å²) in [5, 5.41) is 4.11. The Morgan fingerprint density at radius 2 is 0.866 bits per heavy atom. The summed E-state index contributed by atoms with van der Waals surface area (Å²) in [7, 11) is 0. The first-order valence-electron chi connectivity index (χ1n) is 31.9. The lowest BCUT2D eigenvalue weighted by Gasteiger charge is -2.53. The van der Waals surface area contributed by atoms with E-state index in [4.69, 9.17) is 61.6 Å². The van der Waals surface area contributed by atoms with Gasteiger partial charge in [-0.15, -0.1) is 0 Å². The molecule has 4 amide bonds. The lowest BCUT2D eigenvalue weighted by molar-refractivity contribution is -0.388. The van der Waals surface area contributed by atoms with Crippen molar-refractivity contribution in [1.82, 2.24) is 9.80 Å². The minimum absolute atomic E-state index is 0.0112. The van der Waals surface area contributed by atoms with Crippen LogP contribution in [0.25, 0.3) is 10.4 Å². The van der Waals surface area contributed by atoms with Gasteiger partial charge in [-0.25, -0.2) is 0 Å². The van der Waals surface area contributed by atoms with Crippen LogP contribution in [0.15, 0.2) is 205 Å². The van der Waals surface area contributed by atoms with Crippen molar-refractivity contribution in [2.24, 2.45) is 5.11 Å². The van der Waals surface area contributed by atoms with E-state index in [9.17, 15) is 24.7 Å². The van der Waals surface area contributed by atoms with Crippen LogP contribution in [0.1, 0.15) is 89.4 Å². The molecule has 0 spiro atoms. The number of ether oxygens (including phenoxy) is 13. The van der Waals surface area contributed by atoms with Gasteiger partial charge in [-0.05, 0) is 52.1 Å². The molecule has 0 aliphatic carbocycles. The van der Waals surface area contributed by atoms with E-state index >= 15 is 9.59 Å². The molecular weight excluding hydrogens is 1250 g/mol. The molecule has 16 atom stereocenters. The van der Waals surface area contributed by atoms with Gasteiger partial charge < -0.3 is 61.6 Å². The van der Waals surface area contributed by atoms with Crippen LogP contribution in [-0.4, -0.2) is 157 Å². The Balaban J connectivity index is 0.966. The quantitative estimate of drug-likeness (QED) is 0.0179. The van der Waals surface area contributed by atoms with E-state index in [2.05, 4.69) is 10.0 Å². The van der Waals surface area contributed by atoms with E-state index in [1.807, 2.05) is 103 Å². The molecule has 6 aliphatic heterocycles. The highest BCUT2D eigenvalue weighted by Gasteiger charge is 2.62. The van der Waals surface area contributed by atoms with E-state index in [0.717, 1.165) is 20.9 Å². The molecule has 0 unspecified atom stereocenters. The number of imide groups is 2.